The van der Waals surface area contributed by atoms with E-state index in [0.717, 1.165) is 11.3 Å². The fourth-order valence-electron chi connectivity index (χ4n) is 1.86. The molecule has 0 bridgehead atoms. The van der Waals surface area contributed by atoms with Crippen LogP contribution in [0.3, 0.4) is 0 Å². The molecule has 100 valence electrons. The Labute approximate surface area is 116 Å². The summed E-state index contributed by atoms with van der Waals surface area (Å²) in [5.41, 5.74) is 1.87. The highest BCUT2D eigenvalue weighted by Gasteiger charge is 2.14. The summed E-state index contributed by atoms with van der Waals surface area (Å²) < 4.78 is 1.51. The number of carboxylic acid groups (broad SMARTS) is 1. The van der Waals surface area contributed by atoms with Crippen molar-refractivity contribution < 1.29 is 9.90 Å². The molecule has 0 aliphatic rings. The summed E-state index contributed by atoms with van der Waals surface area (Å²) in [5.74, 6) is 0.0891. The Morgan fingerprint density at radius 3 is 2.47 bits per heavy atom. The topological polar surface area (TPSA) is 55.1 Å². The molecule has 0 saturated heterocycles. The van der Waals surface area contributed by atoms with Gasteiger partial charge in [0.25, 0.3) is 0 Å². The van der Waals surface area contributed by atoms with Crippen molar-refractivity contribution in [3.8, 4) is 11.3 Å². The number of carboxylic acids is 1. The second-order valence-corrected chi connectivity index (χ2v) is 5.33. The Morgan fingerprint density at radius 1 is 1.32 bits per heavy atom. The Morgan fingerprint density at radius 2 is 2.00 bits per heavy atom. The van der Waals surface area contributed by atoms with Gasteiger partial charge in [0, 0.05) is 17.0 Å². The van der Waals surface area contributed by atoms with Crippen molar-refractivity contribution in [1.29, 1.82) is 0 Å². The Bertz CT molecular complexity index is 576. The molecule has 1 N–H and O–H groups in total. The molecule has 0 aliphatic carbocycles. The standard InChI is InChI=1S/C14H16N2O2S/c1-3-16-13(14(17)18)9-12(15-16)10-5-7-11(8-6-10)19-4-2/h5-9H,3-4H2,1-2H3,(H,17,18). The summed E-state index contributed by atoms with van der Waals surface area (Å²) in [6.45, 7) is 4.54. The number of aromatic nitrogens is 2. The van der Waals surface area contributed by atoms with Crippen LogP contribution in [0.5, 0.6) is 0 Å². The van der Waals surface area contributed by atoms with Crippen molar-refractivity contribution in [2.24, 2.45) is 0 Å². The zero-order valence-electron chi connectivity index (χ0n) is 11.0. The lowest BCUT2D eigenvalue weighted by Gasteiger charge is -2.00. The first kappa shape index (κ1) is 13.7. The van der Waals surface area contributed by atoms with Crippen LogP contribution in [0.25, 0.3) is 11.3 Å². The number of aryl methyl sites for hydroxylation is 1. The van der Waals surface area contributed by atoms with Crippen molar-refractivity contribution in [3.05, 3.63) is 36.0 Å². The van der Waals surface area contributed by atoms with Gasteiger partial charge < -0.3 is 5.11 Å². The molecule has 0 fully saturated rings. The number of hydrogen-bond donors (Lipinski definition) is 1. The van der Waals surface area contributed by atoms with Crippen molar-refractivity contribution in [3.63, 3.8) is 0 Å². The fourth-order valence-corrected chi connectivity index (χ4v) is 2.52. The Hall–Kier alpha value is -1.75. The summed E-state index contributed by atoms with van der Waals surface area (Å²) in [4.78, 5) is 12.3. The van der Waals surface area contributed by atoms with Crippen molar-refractivity contribution in [2.75, 3.05) is 5.75 Å². The van der Waals surface area contributed by atoms with Gasteiger partial charge in [0.15, 0.2) is 0 Å². The van der Waals surface area contributed by atoms with Crippen LogP contribution in [-0.4, -0.2) is 26.6 Å². The molecule has 0 amide bonds. The lowest BCUT2D eigenvalue weighted by atomic mass is 10.1. The highest BCUT2D eigenvalue weighted by molar-refractivity contribution is 7.99. The monoisotopic (exact) mass is 276 g/mol. The van der Waals surface area contributed by atoms with Gasteiger partial charge in [0.05, 0.1) is 5.69 Å². The zero-order chi connectivity index (χ0) is 13.8. The van der Waals surface area contributed by atoms with E-state index in [0.29, 0.717) is 12.2 Å². The van der Waals surface area contributed by atoms with E-state index in [4.69, 9.17) is 5.11 Å². The van der Waals surface area contributed by atoms with Crippen molar-refractivity contribution >= 4 is 17.7 Å². The SMILES string of the molecule is CCSc1ccc(-c2cc(C(=O)O)n(CC)n2)cc1. The fraction of sp³-hybridized carbons (Fsp3) is 0.286. The molecule has 1 heterocycles. The minimum Gasteiger partial charge on any atom is -0.477 e. The van der Waals surface area contributed by atoms with Crippen LogP contribution in [0.1, 0.15) is 24.3 Å². The van der Waals surface area contributed by atoms with Gasteiger partial charge in [-0.25, -0.2) is 4.79 Å². The summed E-state index contributed by atoms with van der Waals surface area (Å²) in [7, 11) is 0. The molecule has 1 aromatic heterocycles. The van der Waals surface area contributed by atoms with E-state index < -0.39 is 5.97 Å². The number of carbonyl (C=O) groups is 1. The second kappa shape index (κ2) is 5.93. The van der Waals surface area contributed by atoms with E-state index in [2.05, 4.69) is 12.0 Å². The molecule has 2 rings (SSSR count). The van der Waals surface area contributed by atoms with Gasteiger partial charge in [-0.1, -0.05) is 19.1 Å². The molecule has 2 aromatic rings. The van der Waals surface area contributed by atoms with Crippen LogP contribution in [0.2, 0.25) is 0 Å². The molecular formula is C14H16N2O2S. The summed E-state index contributed by atoms with van der Waals surface area (Å²) in [6, 6.07) is 9.65. The number of rotatable bonds is 5. The molecule has 0 atom stereocenters. The van der Waals surface area contributed by atoms with Crippen molar-refractivity contribution in [1.82, 2.24) is 9.78 Å². The number of aromatic carboxylic acids is 1. The van der Waals surface area contributed by atoms with Gasteiger partial charge in [-0.3, -0.25) is 4.68 Å². The summed E-state index contributed by atoms with van der Waals surface area (Å²) in [5, 5.41) is 13.4. The normalized spacial score (nSPS) is 10.6. The summed E-state index contributed by atoms with van der Waals surface area (Å²) >= 11 is 1.78. The van der Waals surface area contributed by atoms with Crippen molar-refractivity contribution in [2.45, 2.75) is 25.3 Å². The highest BCUT2D eigenvalue weighted by atomic mass is 32.2. The van der Waals surface area contributed by atoms with Gasteiger partial charge in [-0.05, 0) is 30.9 Å². The minimum absolute atomic E-state index is 0.226. The third-order valence-electron chi connectivity index (χ3n) is 2.76. The molecule has 0 aliphatic heterocycles. The zero-order valence-corrected chi connectivity index (χ0v) is 11.8. The van der Waals surface area contributed by atoms with Gasteiger partial charge in [0.1, 0.15) is 5.69 Å². The molecule has 19 heavy (non-hydrogen) atoms. The van der Waals surface area contributed by atoms with Crippen LogP contribution >= 0.6 is 11.8 Å². The average molecular weight is 276 g/mol. The number of benzene rings is 1. The first-order valence-corrected chi connectivity index (χ1v) is 7.18. The first-order valence-electron chi connectivity index (χ1n) is 6.20. The largest absolute Gasteiger partial charge is 0.477 e. The Kier molecular flexibility index (Phi) is 4.27. The van der Waals surface area contributed by atoms with Gasteiger partial charge in [0.2, 0.25) is 0 Å². The van der Waals surface area contributed by atoms with E-state index >= 15 is 0 Å². The molecule has 5 heteroatoms. The lowest BCUT2D eigenvalue weighted by Crippen LogP contribution is -2.07. The summed E-state index contributed by atoms with van der Waals surface area (Å²) in [6.07, 6.45) is 0. The third-order valence-corrected chi connectivity index (χ3v) is 3.65. The maximum atomic E-state index is 11.1. The lowest BCUT2D eigenvalue weighted by molar-refractivity contribution is 0.0683. The van der Waals surface area contributed by atoms with E-state index in [1.54, 1.807) is 17.8 Å². The number of thioether (sulfide) groups is 1. The Balaban J connectivity index is 2.33. The van der Waals surface area contributed by atoms with Gasteiger partial charge in [-0.2, -0.15) is 5.10 Å². The predicted octanol–water partition coefficient (Wildman–Crippen LogP) is 3.38. The number of nitrogens with zero attached hydrogens (tertiary/aromatic N) is 2. The van der Waals surface area contributed by atoms with Gasteiger partial charge >= 0.3 is 5.97 Å². The molecule has 0 spiro atoms. The van der Waals surface area contributed by atoms with Crippen LogP contribution in [0.15, 0.2) is 35.2 Å². The second-order valence-electron chi connectivity index (χ2n) is 3.99. The number of hydrogen-bond acceptors (Lipinski definition) is 3. The molecule has 0 radical (unpaired) electrons. The molecule has 0 unspecified atom stereocenters. The molecule has 1 aromatic carbocycles. The van der Waals surface area contributed by atoms with Crippen LogP contribution in [-0.2, 0) is 6.54 Å². The predicted molar refractivity (Wildman–Crippen MR) is 76.7 cm³/mol. The third kappa shape index (κ3) is 2.98. The average Bonchev–Trinajstić information content (AvgIpc) is 2.84. The van der Waals surface area contributed by atoms with E-state index in [9.17, 15) is 4.79 Å². The van der Waals surface area contributed by atoms with Crippen LogP contribution < -0.4 is 0 Å². The highest BCUT2D eigenvalue weighted by Crippen LogP contribution is 2.24. The quantitative estimate of drug-likeness (QED) is 0.851. The smallest absolute Gasteiger partial charge is 0.354 e. The first-order chi connectivity index (χ1) is 9.15. The van der Waals surface area contributed by atoms with E-state index in [1.807, 2.05) is 31.2 Å². The molecular weight excluding hydrogens is 260 g/mol. The van der Waals surface area contributed by atoms with Crippen LogP contribution in [0.4, 0.5) is 0 Å². The molecule has 4 nitrogen and oxygen atoms in total. The maximum absolute atomic E-state index is 11.1. The molecule has 0 saturated carbocycles. The maximum Gasteiger partial charge on any atom is 0.354 e. The minimum atomic E-state index is -0.946. The van der Waals surface area contributed by atoms with Gasteiger partial charge in [-0.15, -0.1) is 11.8 Å². The van der Waals surface area contributed by atoms with Crippen LogP contribution in [0, 0.1) is 0 Å². The van der Waals surface area contributed by atoms with E-state index in [1.165, 1.54) is 9.58 Å². The van der Waals surface area contributed by atoms with E-state index in [-0.39, 0.29) is 5.69 Å².